The minimum Gasteiger partial charge on any atom is -0.464 e. The van der Waals surface area contributed by atoms with Gasteiger partial charge in [0.2, 0.25) is 6.29 Å². The minimum absolute atomic E-state index is 0.0167. The first kappa shape index (κ1) is 7.79. The van der Waals surface area contributed by atoms with Gasteiger partial charge in [0.15, 0.2) is 5.76 Å². The van der Waals surface area contributed by atoms with Crippen molar-refractivity contribution >= 4 is 0 Å². The number of aliphatic hydroxyl groups is 1. The van der Waals surface area contributed by atoms with Gasteiger partial charge in [0.05, 0.1) is 19.5 Å². The van der Waals surface area contributed by atoms with Gasteiger partial charge in [-0.25, -0.2) is 0 Å². The molecule has 1 aromatic rings. The quantitative estimate of drug-likeness (QED) is 0.709. The maximum atomic E-state index is 8.75. The summed E-state index contributed by atoms with van der Waals surface area (Å²) in [5.41, 5.74) is 0. The largest absolute Gasteiger partial charge is 0.464 e. The summed E-state index contributed by atoms with van der Waals surface area (Å²) in [5.74, 6) is 0.644. The Bertz CT molecular complexity index is 231. The summed E-state index contributed by atoms with van der Waals surface area (Å²) in [7, 11) is 0. The molecule has 0 radical (unpaired) electrons. The summed E-state index contributed by atoms with van der Waals surface area (Å²) in [6, 6.07) is 3.55. The van der Waals surface area contributed by atoms with E-state index in [1.807, 2.05) is 0 Å². The molecule has 0 amide bonds. The van der Waals surface area contributed by atoms with E-state index in [2.05, 4.69) is 0 Å². The van der Waals surface area contributed by atoms with Gasteiger partial charge in [-0.15, -0.1) is 0 Å². The molecule has 0 aromatic carbocycles. The highest BCUT2D eigenvalue weighted by Gasteiger charge is 2.28. The molecule has 1 N–H and O–H groups in total. The van der Waals surface area contributed by atoms with Crippen LogP contribution in [-0.2, 0) is 9.47 Å². The Morgan fingerprint density at radius 2 is 2.50 bits per heavy atom. The molecular weight excluding hydrogens is 160 g/mol. The Labute approximate surface area is 69.7 Å². The molecule has 2 unspecified atom stereocenters. The van der Waals surface area contributed by atoms with Crippen LogP contribution in [0.15, 0.2) is 22.8 Å². The molecule has 1 aliphatic rings. The van der Waals surface area contributed by atoms with Gasteiger partial charge < -0.3 is 19.0 Å². The predicted octanol–water partition coefficient (Wildman–Crippen LogP) is 0.686. The van der Waals surface area contributed by atoms with Crippen LogP contribution in [-0.4, -0.2) is 24.4 Å². The predicted molar refractivity (Wildman–Crippen MR) is 39.4 cm³/mol. The number of aliphatic hydroxyl groups excluding tert-OH is 1. The lowest BCUT2D eigenvalue weighted by Crippen LogP contribution is -2.14. The van der Waals surface area contributed by atoms with E-state index in [1.165, 1.54) is 0 Å². The van der Waals surface area contributed by atoms with Crippen LogP contribution in [0.2, 0.25) is 0 Å². The van der Waals surface area contributed by atoms with Crippen LogP contribution in [0.4, 0.5) is 0 Å². The Balaban J connectivity index is 2.00. The number of rotatable bonds is 2. The molecule has 2 rings (SSSR count). The number of ether oxygens (including phenoxy) is 2. The molecule has 0 aliphatic carbocycles. The van der Waals surface area contributed by atoms with Crippen LogP contribution in [0.3, 0.4) is 0 Å². The lowest BCUT2D eigenvalue weighted by molar-refractivity contribution is -0.0803. The molecule has 1 aromatic heterocycles. The fourth-order valence-corrected chi connectivity index (χ4v) is 1.12. The second kappa shape index (κ2) is 3.26. The first-order chi connectivity index (χ1) is 5.90. The SMILES string of the molecule is OCC1COC(c2ccco2)O1. The van der Waals surface area contributed by atoms with Crippen LogP contribution in [0.5, 0.6) is 0 Å². The van der Waals surface area contributed by atoms with E-state index in [-0.39, 0.29) is 12.7 Å². The summed E-state index contributed by atoms with van der Waals surface area (Å²) in [4.78, 5) is 0. The van der Waals surface area contributed by atoms with Crippen molar-refractivity contribution in [1.29, 1.82) is 0 Å². The van der Waals surface area contributed by atoms with Crippen molar-refractivity contribution < 1.29 is 19.0 Å². The zero-order valence-electron chi connectivity index (χ0n) is 6.47. The van der Waals surface area contributed by atoms with E-state index in [4.69, 9.17) is 19.0 Å². The monoisotopic (exact) mass is 170 g/mol. The molecule has 0 bridgehead atoms. The molecule has 1 saturated heterocycles. The van der Waals surface area contributed by atoms with E-state index in [0.29, 0.717) is 12.4 Å². The van der Waals surface area contributed by atoms with Crippen molar-refractivity contribution in [1.82, 2.24) is 0 Å². The third-order valence-electron chi connectivity index (χ3n) is 1.73. The zero-order valence-corrected chi connectivity index (χ0v) is 6.47. The van der Waals surface area contributed by atoms with Crippen LogP contribution in [0, 0.1) is 0 Å². The van der Waals surface area contributed by atoms with E-state index in [1.54, 1.807) is 18.4 Å². The fourth-order valence-electron chi connectivity index (χ4n) is 1.12. The number of furan rings is 1. The van der Waals surface area contributed by atoms with Crippen molar-refractivity contribution in [2.75, 3.05) is 13.2 Å². The zero-order chi connectivity index (χ0) is 8.39. The van der Waals surface area contributed by atoms with Gasteiger partial charge in [-0.3, -0.25) is 0 Å². The Morgan fingerprint density at radius 1 is 1.58 bits per heavy atom. The van der Waals surface area contributed by atoms with Crippen molar-refractivity contribution in [2.45, 2.75) is 12.4 Å². The van der Waals surface area contributed by atoms with Gasteiger partial charge in [0, 0.05) is 0 Å². The smallest absolute Gasteiger partial charge is 0.217 e. The lowest BCUT2D eigenvalue weighted by atomic mass is 10.4. The van der Waals surface area contributed by atoms with E-state index < -0.39 is 6.29 Å². The van der Waals surface area contributed by atoms with E-state index in [9.17, 15) is 0 Å². The van der Waals surface area contributed by atoms with Crippen LogP contribution < -0.4 is 0 Å². The summed E-state index contributed by atoms with van der Waals surface area (Å²) in [6.07, 6.45) is 0.895. The molecule has 0 spiro atoms. The summed E-state index contributed by atoms with van der Waals surface area (Å²) >= 11 is 0. The molecule has 2 atom stereocenters. The standard InChI is InChI=1S/C8H10O4/c9-4-6-5-11-8(12-6)7-2-1-3-10-7/h1-3,6,8-9H,4-5H2. The molecule has 0 saturated carbocycles. The van der Waals surface area contributed by atoms with Crippen LogP contribution in [0.25, 0.3) is 0 Å². The second-order valence-electron chi connectivity index (χ2n) is 2.62. The second-order valence-corrected chi connectivity index (χ2v) is 2.62. The van der Waals surface area contributed by atoms with Crippen molar-refractivity contribution in [3.8, 4) is 0 Å². The first-order valence-electron chi connectivity index (χ1n) is 3.81. The van der Waals surface area contributed by atoms with Gasteiger partial charge in [-0.05, 0) is 12.1 Å². The third-order valence-corrected chi connectivity index (χ3v) is 1.73. The average Bonchev–Trinajstić information content (AvgIpc) is 2.75. The molecular formula is C8H10O4. The summed E-state index contributed by atoms with van der Waals surface area (Å²) in [6.45, 7) is 0.402. The van der Waals surface area contributed by atoms with Crippen molar-refractivity contribution in [3.63, 3.8) is 0 Å². The van der Waals surface area contributed by atoms with Crippen molar-refractivity contribution in [2.24, 2.45) is 0 Å². The van der Waals surface area contributed by atoms with Crippen LogP contribution >= 0.6 is 0 Å². The molecule has 1 fully saturated rings. The molecule has 66 valence electrons. The Morgan fingerprint density at radius 3 is 3.08 bits per heavy atom. The molecule has 1 aliphatic heterocycles. The molecule has 12 heavy (non-hydrogen) atoms. The van der Waals surface area contributed by atoms with Crippen molar-refractivity contribution in [3.05, 3.63) is 24.2 Å². The fraction of sp³-hybridized carbons (Fsp3) is 0.500. The van der Waals surface area contributed by atoms with E-state index >= 15 is 0 Å². The highest BCUT2D eigenvalue weighted by molar-refractivity contribution is 5.00. The maximum absolute atomic E-state index is 8.75. The molecule has 2 heterocycles. The number of hydrogen-bond donors (Lipinski definition) is 1. The first-order valence-corrected chi connectivity index (χ1v) is 3.81. The molecule has 4 nitrogen and oxygen atoms in total. The lowest BCUT2D eigenvalue weighted by Gasteiger charge is -2.05. The highest BCUT2D eigenvalue weighted by Crippen LogP contribution is 2.26. The van der Waals surface area contributed by atoms with E-state index in [0.717, 1.165) is 0 Å². The molecule has 4 heteroatoms. The summed E-state index contributed by atoms with van der Waals surface area (Å²) < 4.78 is 15.6. The number of hydrogen-bond acceptors (Lipinski definition) is 4. The van der Waals surface area contributed by atoms with Crippen LogP contribution in [0.1, 0.15) is 12.1 Å². The van der Waals surface area contributed by atoms with Gasteiger partial charge in [0.25, 0.3) is 0 Å². The summed E-state index contributed by atoms with van der Waals surface area (Å²) in [5, 5.41) is 8.75. The Kier molecular flexibility index (Phi) is 2.12. The topological polar surface area (TPSA) is 51.8 Å². The normalized spacial score (nSPS) is 29.4. The van der Waals surface area contributed by atoms with Gasteiger partial charge in [-0.2, -0.15) is 0 Å². The minimum atomic E-state index is -0.447. The Hall–Kier alpha value is -0.840. The third kappa shape index (κ3) is 1.36. The van der Waals surface area contributed by atoms with Gasteiger partial charge >= 0.3 is 0 Å². The van der Waals surface area contributed by atoms with Gasteiger partial charge in [0.1, 0.15) is 6.10 Å². The van der Waals surface area contributed by atoms with Gasteiger partial charge in [-0.1, -0.05) is 0 Å². The highest BCUT2D eigenvalue weighted by atomic mass is 16.7. The maximum Gasteiger partial charge on any atom is 0.217 e. The average molecular weight is 170 g/mol.